The molecule has 4 heteroatoms. The van der Waals surface area contributed by atoms with Crippen molar-refractivity contribution in [3.05, 3.63) is 46.1 Å². The predicted molar refractivity (Wildman–Crippen MR) is 99.4 cm³/mol. The molecule has 0 spiro atoms. The van der Waals surface area contributed by atoms with E-state index in [0.29, 0.717) is 0 Å². The largest absolute Gasteiger partial charge is 0.349 e. The minimum atomic E-state index is -0.419. The first-order chi connectivity index (χ1) is 9.69. The van der Waals surface area contributed by atoms with Crippen LogP contribution >= 0.6 is 45.2 Å². The van der Waals surface area contributed by atoms with Gasteiger partial charge in [0.05, 0.1) is 17.1 Å². The van der Waals surface area contributed by atoms with E-state index in [1.54, 1.807) is 0 Å². The number of alkyl halides is 1. The predicted octanol–water partition coefficient (Wildman–Crippen LogP) is 4.74. The summed E-state index contributed by atoms with van der Waals surface area (Å²) in [6.07, 6.45) is 6.04. The summed E-state index contributed by atoms with van der Waals surface area (Å²) in [5.74, 6) is -0.419. The van der Waals surface area contributed by atoms with Gasteiger partial charge in [-0.25, -0.2) is 0 Å². The van der Waals surface area contributed by atoms with Gasteiger partial charge >= 0.3 is 0 Å². The standard InChI is InChI=1S/C16H20I2O2/c1-2-14(11-13-7-3-4-8-15(13)18)20-16(12-17)9-5-6-10-19-16/h2-4,7-8,14H,1,5-6,9-12H2/t14-,16-/m0/s1. The number of hydrogen-bond donors (Lipinski definition) is 0. The van der Waals surface area contributed by atoms with Gasteiger partial charge in [-0.2, -0.15) is 0 Å². The van der Waals surface area contributed by atoms with E-state index in [0.717, 1.165) is 30.3 Å². The Balaban J connectivity index is 2.04. The molecule has 0 aromatic heterocycles. The van der Waals surface area contributed by atoms with Crippen molar-refractivity contribution in [1.82, 2.24) is 0 Å². The molecule has 1 saturated heterocycles. The van der Waals surface area contributed by atoms with E-state index in [2.05, 4.69) is 76.0 Å². The fraction of sp³-hybridized carbons (Fsp3) is 0.500. The van der Waals surface area contributed by atoms with Gasteiger partial charge in [0, 0.05) is 16.4 Å². The fourth-order valence-corrected chi connectivity index (χ4v) is 3.78. The van der Waals surface area contributed by atoms with Crippen LogP contribution in [0.5, 0.6) is 0 Å². The molecule has 20 heavy (non-hydrogen) atoms. The third-order valence-corrected chi connectivity index (χ3v) is 5.74. The smallest absolute Gasteiger partial charge is 0.177 e. The molecule has 110 valence electrons. The van der Waals surface area contributed by atoms with Gasteiger partial charge in [-0.15, -0.1) is 6.58 Å². The van der Waals surface area contributed by atoms with E-state index in [1.807, 2.05) is 6.08 Å². The van der Waals surface area contributed by atoms with Crippen LogP contribution in [0.4, 0.5) is 0 Å². The van der Waals surface area contributed by atoms with E-state index < -0.39 is 5.79 Å². The van der Waals surface area contributed by atoms with Gasteiger partial charge in [-0.05, 0) is 47.1 Å². The quantitative estimate of drug-likeness (QED) is 0.321. The highest BCUT2D eigenvalue weighted by molar-refractivity contribution is 14.1. The van der Waals surface area contributed by atoms with Gasteiger partial charge in [0.1, 0.15) is 0 Å². The van der Waals surface area contributed by atoms with Gasteiger partial charge in [-0.1, -0.05) is 46.9 Å². The molecule has 0 N–H and O–H groups in total. The highest BCUT2D eigenvalue weighted by atomic mass is 127. The summed E-state index contributed by atoms with van der Waals surface area (Å²) in [6, 6.07) is 8.41. The topological polar surface area (TPSA) is 18.5 Å². The molecule has 2 rings (SSSR count). The second-order valence-corrected chi connectivity index (χ2v) is 6.96. The molecule has 0 bridgehead atoms. The van der Waals surface area contributed by atoms with Gasteiger partial charge in [0.25, 0.3) is 0 Å². The van der Waals surface area contributed by atoms with E-state index in [4.69, 9.17) is 9.47 Å². The van der Waals surface area contributed by atoms with Crippen LogP contribution in [0.2, 0.25) is 0 Å². The molecule has 1 aromatic rings. The molecule has 0 unspecified atom stereocenters. The number of rotatable bonds is 6. The van der Waals surface area contributed by atoms with Crippen LogP contribution in [-0.2, 0) is 15.9 Å². The Kier molecular flexibility index (Phi) is 6.77. The average Bonchev–Trinajstić information content (AvgIpc) is 2.49. The van der Waals surface area contributed by atoms with Gasteiger partial charge in [-0.3, -0.25) is 0 Å². The normalized spacial score (nSPS) is 24.3. The summed E-state index contributed by atoms with van der Waals surface area (Å²) in [4.78, 5) is 0. The Morgan fingerprint density at radius 2 is 2.20 bits per heavy atom. The summed E-state index contributed by atoms with van der Waals surface area (Å²) < 4.78 is 14.4. The molecule has 2 atom stereocenters. The molecular weight excluding hydrogens is 478 g/mol. The van der Waals surface area contributed by atoms with E-state index in [9.17, 15) is 0 Å². The van der Waals surface area contributed by atoms with Gasteiger partial charge < -0.3 is 9.47 Å². The molecule has 2 nitrogen and oxygen atoms in total. The Hall–Kier alpha value is 0.340. The van der Waals surface area contributed by atoms with Crippen molar-refractivity contribution >= 4 is 45.2 Å². The lowest BCUT2D eigenvalue weighted by molar-refractivity contribution is -0.251. The van der Waals surface area contributed by atoms with E-state index >= 15 is 0 Å². The van der Waals surface area contributed by atoms with Crippen LogP contribution < -0.4 is 0 Å². The van der Waals surface area contributed by atoms with Crippen LogP contribution in [0.25, 0.3) is 0 Å². The molecule has 0 saturated carbocycles. The lowest BCUT2D eigenvalue weighted by Gasteiger charge is -2.38. The van der Waals surface area contributed by atoms with Crippen LogP contribution in [0.15, 0.2) is 36.9 Å². The highest BCUT2D eigenvalue weighted by Crippen LogP contribution is 2.31. The lowest BCUT2D eigenvalue weighted by atomic mass is 10.0. The van der Waals surface area contributed by atoms with Crippen molar-refractivity contribution in [2.75, 3.05) is 11.0 Å². The van der Waals surface area contributed by atoms with Crippen molar-refractivity contribution < 1.29 is 9.47 Å². The first kappa shape index (κ1) is 16.7. The second kappa shape index (κ2) is 8.10. The minimum absolute atomic E-state index is 0.00113. The summed E-state index contributed by atoms with van der Waals surface area (Å²) in [5.41, 5.74) is 1.30. The van der Waals surface area contributed by atoms with Gasteiger partial charge in [0.2, 0.25) is 0 Å². The van der Waals surface area contributed by atoms with Crippen LogP contribution in [0, 0.1) is 3.57 Å². The first-order valence-corrected chi connectivity index (χ1v) is 9.53. The molecule has 0 aliphatic carbocycles. The lowest BCUT2D eigenvalue weighted by Crippen LogP contribution is -2.44. The first-order valence-electron chi connectivity index (χ1n) is 6.93. The molecular formula is C16H20I2O2. The van der Waals surface area contributed by atoms with Crippen molar-refractivity contribution in [1.29, 1.82) is 0 Å². The summed E-state index contributed by atoms with van der Waals surface area (Å²) in [7, 11) is 0. The molecule has 1 aliphatic heterocycles. The zero-order chi connectivity index (χ0) is 14.4. The zero-order valence-electron chi connectivity index (χ0n) is 11.5. The molecule has 1 heterocycles. The summed E-state index contributed by atoms with van der Waals surface area (Å²) in [5, 5.41) is 0. The third kappa shape index (κ3) is 4.42. The van der Waals surface area contributed by atoms with E-state index in [1.165, 1.54) is 15.6 Å². The molecule has 0 radical (unpaired) electrons. The van der Waals surface area contributed by atoms with Crippen molar-refractivity contribution in [2.24, 2.45) is 0 Å². The number of benzene rings is 1. The Labute approximate surface area is 148 Å². The average molecular weight is 498 g/mol. The molecule has 1 aliphatic rings. The Bertz CT molecular complexity index is 442. The maximum absolute atomic E-state index is 6.29. The maximum atomic E-state index is 6.29. The van der Waals surface area contributed by atoms with Crippen LogP contribution in [0.3, 0.4) is 0 Å². The number of hydrogen-bond acceptors (Lipinski definition) is 2. The third-order valence-electron chi connectivity index (χ3n) is 3.53. The SMILES string of the molecule is C=C[C@@H](Cc1ccccc1I)O[C@]1(CI)CCCCO1. The summed E-state index contributed by atoms with van der Waals surface area (Å²) >= 11 is 4.73. The molecule has 0 amide bonds. The second-order valence-electron chi connectivity index (χ2n) is 5.04. The van der Waals surface area contributed by atoms with Crippen molar-refractivity contribution in [3.8, 4) is 0 Å². The Morgan fingerprint density at radius 3 is 2.80 bits per heavy atom. The van der Waals surface area contributed by atoms with Crippen molar-refractivity contribution in [2.45, 2.75) is 37.6 Å². The Morgan fingerprint density at radius 1 is 1.40 bits per heavy atom. The zero-order valence-corrected chi connectivity index (χ0v) is 15.8. The summed E-state index contributed by atoms with van der Waals surface area (Å²) in [6.45, 7) is 4.73. The number of halogens is 2. The molecule has 1 aromatic carbocycles. The van der Waals surface area contributed by atoms with E-state index in [-0.39, 0.29) is 6.10 Å². The van der Waals surface area contributed by atoms with Crippen LogP contribution in [0.1, 0.15) is 24.8 Å². The monoisotopic (exact) mass is 498 g/mol. The molecule has 1 fully saturated rings. The van der Waals surface area contributed by atoms with Gasteiger partial charge in [0.15, 0.2) is 5.79 Å². The van der Waals surface area contributed by atoms with Crippen LogP contribution in [-0.4, -0.2) is 22.9 Å². The number of ether oxygens (including phenoxy) is 2. The maximum Gasteiger partial charge on any atom is 0.177 e. The fourth-order valence-electron chi connectivity index (χ4n) is 2.39. The highest BCUT2D eigenvalue weighted by Gasteiger charge is 2.35. The van der Waals surface area contributed by atoms with Crippen molar-refractivity contribution in [3.63, 3.8) is 0 Å². The minimum Gasteiger partial charge on any atom is -0.349 e.